The van der Waals surface area contributed by atoms with Gasteiger partial charge in [0.25, 0.3) is 0 Å². The topological polar surface area (TPSA) is 9.23 Å². The Morgan fingerprint density at radius 1 is 1.43 bits per heavy atom. The fourth-order valence-electron chi connectivity index (χ4n) is 1.64. The minimum atomic E-state index is 0.804. The van der Waals surface area contributed by atoms with Crippen molar-refractivity contribution in [3.8, 4) is 5.75 Å². The molecule has 0 N–H and O–H groups in total. The molecule has 2 rings (SSSR count). The standard InChI is InChI=1S/C12H15BrO/c1-9-7-11(13)5-6-12(9)14-8-10-3-2-4-10/h5-7,10H,2-4,8H2,1H3. The molecule has 1 saturated carbocycles. The van der Waals surface area contributed by atoms with E-state index in [-0.39, 0.29) is 0 Å². The fourth-order valence-corrected chi connectivity index (χ4v) is 2.12. The zero-order valence-electron chi connectivity index (χ0n) is 8.42. The predicted molar refractivity (Wildman–Crippen MR) is 61.7 cm³/mol. The van der Waals surface area contributed by atoms with E-state index in [9.17, 15) is 0 Å². The van der Waals surface area contributed by atoms with E-state index >= 15 is 0 Å². The first-order valence-electron chi connectivity index (χ1n) is 5.14. The highest BCUT2D eigenvalue weighted by atomic mass is 79.9. The lowest BCUT2D eigenvalue weighted by Crippen LogP contribution is -2.19. The fraction of sp³-hybridized carbons (Fsp3) is 0.500. The van der Waals surface area contributed by atoms with Crippen LogP contribution in [0.25, 0.3) is 0 Å². The summed E-state index contributed by atoms with van der Waals surface area (Å²) in [6.45, 7) is 2.98. The number of hydrogen-bond acceptors (Lipinski definition) is 1. The van der Waals surface area contributed by atoms with Gasteiger partial charge in [0, 0.05) is 4.47 Å². The molecule has 76 valence electrons. The molecular formula is C12H15BrO. The van der Waals surface area contributed by atoms with Crippen LogP contribution in [0, 0.1) is 12.8 Å². The third-order valence-corrected chi connectivity index (χ3v) is 3.33. The van der Waals surface area contributed by atoms with E-state index in [1.165, 1.54) is 24.8 Å². The van der Waals surface area contributed by atoms with Crippen molar-refractivity contribution in [3.63, 3.8) is 0 Å². The minimum absolute atomic E-state index is 0.804. The van der Waals surface area contributed by atoms with Gasteiger partial charge in [0.15, 0.2) is 0 Å². The molecule has 1 aromatic rings. The molecule has 1 nitrogen and oxygen atoms in total. The summed E-state index contributed by atoms with van der Waals surface area (Å²) in [5.41, 5.74) is 1.21. The van der Waals surface area contributed by atoms with E-state index in [1.807, 2.05) is 12.1 Å². The van der Waals surface area contributed by atoms with E-state index in [2.05, 4.69) is 28.9 Å². The van der Waals surface area contributed by atoms with Crippen LogP contribution in [0.3, 0.4) is 0 Å². The Morgan fingerprint density at radius 3 is 2.79 bits per heavy atom. The van der Waals surface area contributed by atoms with Gasteiger partial charge in [-0.05, 0) is 49.4 Å². The second kappa shape index (κ2) is 4.35. The van der Waals surface area contributed by atoms with E-state index in [0.717, 1.165) is 22.7 Å². The first-order chi connectivity index (χ1) is 6.75. The summed E-state index contributed by atoms with van der Waals surface area (Å²) in [5, 5.41) is 0. The lowest BCUT2D eigenvalue weighted by atomic mass is 9.86. The van der Waals surface area contributed by atoms with E-state index < -0.39 is 0 Å². The van der Waals surface area contributed by atoms with Crippen LogP contribution in [0.1, 0.15) is 24.8 Å². The molecule has 0 unspecified atom stereocenters. The van der Waals surface area contributed by atoms with Crippen molar-refractivity contribution in [3.05, 3.63) is 28.2 Å². The molecule has 0 bridgehead atoms. The zero-order valence-corrected chi connectivity index (χ0v) is 10.0. The maximum absolute atomic E-state index is 5.77. The van der Waals surface area contributed by atoms with Gasteiger partial charge in [0.1, 0.15) is 5.75 Å². The Morgan fingerprint density at radius 2 is 2.21 bits per heavy atom. The zero-order chi connectivity index (χ0) is 9.97. The van der Waals surface area contributed by atoms with Gasteiger partial charge in [-0.2, -0.15) is 0 Å². The first-order valence-corrected chi connectivity index (χ1v) is 5.94. The third kappa shape index (κ3) is 2.30. The predicted octanol–water partition coefficient (Wildman–Crippen LogP) is 3.94. The first kappa shape index (κ1) is 10.0. The quantitative estimate of drug-likeness (QED) is 0.794. The van der Waals surface area contributed by atoms with Crippen LogP contribution in [0.15, 0.2) is 22.7 Å². The third-order valence-electron chi connectivity index (χ3n) is 2.84. The smallest absolute Gasteiger partial charge is 0.122 e. The summed E-state index contributed by atoms with van der Waals surface area (Å²) in [7, 11) is 0. The second-order valence-electron chi connectivity index (χ2n) is 4.02. The number of ether oxygens (including phenoxy) is 1. The molecule has 14 heavy (non-hydrogen) atoms. The van der Waals surface area contributed by atoms with Gasteiger partial charge < -0.3 is 4.74 Å². The molecule has 0 radical (unpaired) electrons. The molecule has 1 aliphatic carbocycles. The van der Waals surface area contributed by atoms with Gasteiger partial charge in [0.05, 0.1) is 6.61 Å². The maximum atomic E-state index is 5.77. The van der Waals surface area contributed by atoms with Crippen molar-refractivity contribution in [1.29, 1.82) is 0 Å². The average molecular weight is 255 g/mol. The molecule has 2 heteroatoms. The second-order valence-corrected chi connectivity index (χ2v) is 4.93. The highest BCUT2D eigenvalue weighted by molar-refractivity contribution is 9.10. The van der Waals surface area contributed by atoms with Gasteiger partial charge in [-0.3, -0.25) is 0 Å². The molecule has 1 fully saturated rings. The van der Waals surface area contributed by atoms with Gasteiger partial charge in [-0.1, -0.05) is 22.4 Å². The number of rotatable bonds is 3. The van der Waals surface area contributed by atoms with Crippen molar-refractivity contribution >= 4 is 15.9 Å². The van der Waals surface area contributed by atoms with Gasteiger partial charge in [0.2, 0.25) is 0 Å². The molecule has 1 aromatic carbocycles. The summed E-state index contributed by atoms with van der Waals surface area (Å²) in [6.07, 6.45) is 4.07. The van der Waals surface area contributed by atoms with Gasteiger partial charge in [-0.25, -0.2) is 0 Å². The van der Waals surface area contributed by atoms with Crippen LogP contribution in [-0.4, -0.2) is 6.61 Å². The van der Waals surface area contributed by atoms with Crippen LogP contribution in [0.4, 0.5) is 0 Å². The molecule has 1 aliphatic rings. The Labute approximate surface area is 93.6 Å². The molecule has 0 saturated heterocycles. The number of aryl methyl sites for hydroxylation is 1. The van der Waals surface area contributed by atoms with Crippen molar-refractivity contribution < 1.29 is 4.74 Å². The Balaban J connectivity index is 1.94. The summed E-state index contributed by atoms with van der Waals surface area (Å²) >= 11 is 3.45. The van der Waals surface area contributed by atoms with E-state index in [1.54, 1.807) is 0 Å². The highest BCUT2D eigenvalue weighted by Gasteiger charge is 2.18. The Hall–Kier alpha value is -0.500. The van der Waals surface area contributed by atoms with Crippen LogP contribution in [0.2, 0.25) is 0 Å². The Kier molecular flexibility index (Phi) is 3.12. The van der Waals surface area contributed by atoms with Crippen molar-refractivity contribution in [2.45, 2.75) is 26.2 Å². The van der Waals surface area contributed by atoms with Crippen LogP contribution < -0.4 is 4.74 Å². The normalized spacial score (nSPS) is 16.4. The molecule has 0 heterocycles. The SMILES string of the molecule is Cc1cc(Br)ccc1OCC1CCC1. The lowest BCUT2D eigenvalue weighted by molar-refractivity contribution is 0.180. The van der Waals surface area contributed by atoms with Crippen molar-refractivity contribution in [1.82, 2.24) is 0 Å². The van der Waals surface area contributed by atoms with Crippen molar-refractivity contribution in [2.75, 3.05) is 6.61 Å². The minimum Gasteiger partial charge on any atom is -0.493 e. The summed E-state index contributed by atoms with van der Waals surface area (Å²) in [5.74, 6) is 1.83. The van der Waals surface area contributed by atoms with Crippen LogP contribution in [0.5, 0.6) is 5.75 Å². The van der Waals surface area contributed by atoms with Gasteiger partial charge >= 0.3 is 0 Å². The molecule has 0 aliphatic heterocycles. The number of benzene rings is 1. The number of hydrogen-bond donors (Lipinski definition) is 0. The monoisotopic (exact) mass is 254 g/mol. The molecule has 0 aromatic heterocycles. The van der Waals surface area contributed by atoms with Crippen LogP contribution >= 0.6 is 15.9 Å². The maximum Gasteiger partial charge on any atom is 0.122 e. The molecule has 0 amide bonds. The molecular weight excluding hydrogens is 240 g/mol. The molecule has 0 atom stereocenters. The van der Waals surface area contributed by atoms with E-state index in [0.29, 0.717) is 0 Å². The summed E-state index contributed by atoms with van der Waals surface area (Å²) in [4.78, 5) is 0. The summed E-state index contributed by atoms with van der Waals surface area (Å²) < 4.78 is 6.89. The average Bonchev–Trinajstić information content (AvgIpc) is 2.05. The van der Waals surface area contributed by atoms with Crippen molar-refractivity contribution in [2.24, 2.45) is 5.92 Å². The Bertz CT molecular complexity index is 318. The molecule has 0 spiro atoms. The van der Waals surface area contributed by atoms with Crippen LogP contribution in [-0.2, 0) is 0 Å². The summed E-state index contributed by atoms with van der Waals surface area (Å²) in [6, 6.07) is 6.16. The highest BCUT2D eigenvalue weighted by Crippen LogP contribution is 2.28. The lowest BCUT2D eigenvalue weighted by Gasteiger charge is -2.25. The number of halogens is 1. The van der Waals surface area contributed by atoms with Gasteiger partial charge in [-0.15, -0.1) is 0 Å². The van der Waals surface area contributed by atoms with E-state index in [4.69, 9.17) is 4.74 Å². The largest absolute Gasteiger partial charge is 0.493 e.